The zero-order valence-corrected chi connectivity index (χ0v) is 18.1. The number of hydrogen-bond donors (Lipinski definition) is 0. The van der Waals surface area contributed by atoms with Gasteiger partial charge in [-0.25, -0.2) is 0 Å². The number of carbonyl (C=O) groups is 1. The molecule has 2 aromatic carbocycles. The van der Waals surface area contributed by atoms with Gasteiger partial charge in [-0.05, 0) is 54.1 Å². The Kier molecular flexibility index (Phi) is 6.57. The molecular formula is C23H28N6O2. The van der Waals surface area contributed by atoms with Crippen molar-refractivity contribution in [3.05, 3.63) is 65.5 Å². The maximum absolute atomic E-state index is 12.7. The number of benzene rings is 2. The minimum absolute atomic E-state index is 0.160. The zero-order chi connectivity index (χ0) is 21.6. The molecule has 0 aliphatic carbocycles. The highest BCUT2D eigenvalue weighted by Crippen LogP contribution is 2.15. The molecule has 1 fully saturated rings. The highest BCUT2D eigenvalue weighted by atomic mass is 16.5. The lowest BCUT2D eigenvalue weighted by Gasteiger charge is -2.34. The predicted octanol–water partition coefficient (Wildman–Crippen LogP) is 2.26. The van der Waals surface area contributed by atoms with Crippen molar-refractivity contribution >= 4 is 5.91 Å². The number of aromatic nitrogens is 4. The van der Waals surface area contributed by atoms with E-state index in [-0.39, 0.29) is 5.91 Å². The molecular weight excluding hydrogens is 392 g/mol. The molecule has 3 aromatic rings. The van der Waals surface area contributed by atoms with Crippen molar-refractivity contribution in [2.45, 2.75) is 26.8 Å². The van der Waals surface area contributed by atoms with Crippen LogP contribution in [-0.2, 0) is 17.8 Å². The van der Waals surface area contributed by atoms with Gasteiger partial charge in [0.2, 0.25) is 5.91 Å². The third-order valence-electron chi connectivity index (χ3n) is 5.49. The van der Waals surface area contributed by atoms with Crippen LogP contribution in [0.5, 0.6) is 5.75 Å². The van der Waals surface area contributed by atoms with Gasteiger partial charge in [0.05, 0.1) is 25.3 Å². The van der Waals surface area contributed by atoms with Crippen LogP contribution in [0, 0.1) is 6.92 Å². The highest BCUT2D eigenvalue weighted by Gasteiger charge is 2.23. The Balaban J connectivity index is 1.30. The lowest BCUT2D eigenvalue weighted by molar-refractivity contribution is -0.132. The summed E-state index contributed by atoms with van der Waals surface area (Å²) in [4.78, 5) is 16.9. The lowest BCUT2D eigenvalue weighted by Crippen LogP contribution is -2.48. The number of aryl methyl sites for hydroxylation is 1. The van der Waals surface area contributed by atoms with Crippen LogP contribution in [0.15, 0.2) is 48.5 Å². The van der Waals surface area contributed by atoms with E-state index in [1.807, 2.05) is 48.2 Å². The topological polar surface area (TPSA) is 76.4 Å². The van der Waals surface area contributed by atoms with Gasteiger partial charge in [0, 0.05) is 26.2 Å². The fraction of sp³-hybridized carbons (Fsp3) is 0.391. The summed E-state index contributed by atoms with van der Waals surface area (Å²) in [5.74, 6) is 1.80. The smallest absolute Gasteiger partial charge is 0.227 e. The Morgan fingerprint density at radius 1 is 1.00 bits per heavy atom. The Bertz CT molecular complexity index is 992. The van der Waals surface area contributed by atoms with E-state index in [4.69, 9.17) is 4.74 Å². The predicted molar refractivity (Wildman–Crippen MR) is 117 cm³/mol. The zero-order valence-electron chi connectivity index (χ0n) is 18.1. The van der Waals surface area contributed by atoms with Gasteiger partial charge in [-0.2, -0.15) is 4.68 Å². The molecule has 0 saturated carbocycles. The number of rotatable bonds is 7. The maximum Gasteiger partial charge on any atom is 0.227 e. The third kappa shape index (κ3) is 5.27. The van der Waals surface area contributed by atoms with Crippen LogP contribution in [-0.4, -0.2) is 68.7 Å². The Morgan fingerprint density at radius 3 is 2.39 bits per heavy atom. The minimum Gasteiger partial charge on any atom is -0.494 e. The van der Waals surface area contributed by atoms with E-state index in [0.717, 1.165) is 35.9 Å². The first-order valence-electron chi connectivity index (χ1n) is 10.7. The van der Waals surface area contributed by atoms with Gasteiger partial charge in [0.25, 0.3) is 0 Å². The average Bonchev–Trinajstić information content (AvgIpc) is 3.24. The summed E-state index contributed by atoms with van der Waals surface area (Å²) in [7, 11) is 0. The summed E-state index contributed by atoms with van der Waals surface area (Å²) in [6.07, 6.45) is 0.415. The molecule has 0 unspecified atom stereocenters. The van der Waals surface area contributed by atoms with Crippen molar-refractivity contribution < 1.29 is 9.53 Å². The number of nitrogens with zero attached hydrogens (tertiary/aromatic N) is 6. The van der Waals surface area contributed by atoms with Crippen molar-refractivity contribution in [1.29, 1.82) is 0 Å². The molecule has 1 aliphatic rings. The maximum atomic E-state index is 12.7. The van der Waals surface area contributed by atoms with Crippen molar-refractivity contribution in [2.24, 2.45) is 0 Å². The number of tetrazole rings is 1. The largest absolute Gasteiger partial charge is 0.494 e. The second kappa shape index (κ2) is 9.70. The molecule has 0 atom stereocenters. The Labute approximate surface area is 182 Å². The fourth-order valence-corrected chi connectivity index (χ4v) is 3.70. The average molecular weight is 421 g/mol. The number of hydrogen-bond acceptors (Lipinski definition) is 6. The van der Waals surface area contributed by atoms with Crippen LogP contribution in [0.1, 0.15) is 23.9 Å². The number of ether oxygens (including phenoxy) is 1. The van der Waals surface area contributed by atoms with Gasteiger partial charge in [-0.15, -0.1) is 5.10 Å². The van der Waals surface area contributed by atoms with Crippen molar-refractivity contribution in [2.75, 3.05) is 32.8 Å². The summed E-state index contributed by atoms with van der Waals surface area (Å²) in [5, 5.41) is 12.2. The van der Waals surface area contributed by atoms with Gasteiger partial charge in [0.15, 0.2) is 5.82 Å². The van der Waals surface area contributed by atoms with Crippen LogP contribution < -0.4 is 4.74 Å². The van der Waals surface area contributed by atoms with Crippen molar-refractivity contribution in [3.8, 4) is 11.4 Å². The Hall–Kier alpha value is -3.26. The van der Waals surface area contributed by atoms with Crippen molar-refractivity contribution in [3.63, 3.8) is 0 Å². The first-order chi connectivity index (χ1) is 15.1. The van der Waals surface area contributed by atoms with Gasteiger partial charge < -0.3 is 9.64 Å². The molecule has 8 heteroatoms. The third-order valence-corrected chi connectivity index (χ3v) is 5.49. The molecule has 2 heterocycles. The number of amides is 1. The molecule has 1 amide bonds. The van der Waals surface area contributed by atoms with E-state index in [1.54, 1.807) is 4.68 Å². The molecule has 4 rings (SSSR count). The molecule has 1 aromatic heterocycles. The standard InChI is InChI=1S/C23H28N6O2/c1-3-31-21-10-6-19(7-11-21)16-23(30)28-14-12-27(13-15-28)17-22-24-25-26-29(22)20-8-4-18(2)5-9-20/h4-11H,3,12-17H2,1-2H3. The summed E-state index contributed by atoms with van der Waals surface area (Å²) in [6, 6.07) is 15.9. The van der Waals surface area contributed by atoms with E-state index >= 15 is 0 Å². The van der Waals surface area contributed by atoms with E-state index in [9.17, 15) is 4.79 Å². The molecule has 0 N–H and O–H groups in total. The minimum atomic E-state index is 0.160. The molecule has 162 valence electrons. The monoisotopic (exact) mass is 420 g/mol. The molecule has 1 aliphatic heterocycles. The first kappa shape index (κ1) is 21.0. The van der Waals surface area contributed by atoms with E-state index in [2.05, 4.69) is 39.5 Å². The van der Waals surface area contributed by atoms with Gasteiger partial charge in [0.1, 0.15) is 5.75 Å². The van der Waals surface area contributed by atoms with Crippen LogP contribution in [0.25, 0.3) is 5.69 Å². The van der Waals surface area contributed by atoms with Crippen LogP contribution in [0.4, 0.5) is 0 Å². The SMILES string of the molecule is CCOc1ccc(CC(=O)N2CCN(Cc3nnnn3-c3ccc(C)cc3)CC2)cc1. The van der Waals surface area contributed by atoms with Gasteiger partial charge in [-0.1, -0.05) is 29.8 Å². The van der Waals surface area contributed by atoms with E-state index < -0.39 is 0 Å². The van der Waals surface area contributed by atoms with E-state index in [1.165, 1.54) is 5.56 Å². The molecule has 0 bridgehead atoms. The van der Waals surface area contributed by atoms with Crippen LogP contribution in [0.2, 0.25) is 0 Å². The lowest BCUT2D eigenvalue weighted by atomic mass is 10.1. The van der Waals surface area contributed by atoms with Gasteiger partial charge >= 0.3 is 0 Å². The normalized spacial score (nSPS) is 14.6. The number of piperazine rings is 1. The summed E-state index contributed by atoms with van der Waals surface area (Å²) in [5.41, 5.74) is 3.16. The fourth-order valence-electron chi connectivity index (χ4n) is 3.70. The second-order valence-electron chi connectivity index (χ2n) is 7.75. The molecule has 1 saturated heterocycles. The first-order valence-corrected chi connectivity index (χ1v) is 10.7. The highest BCUT2D eigenvalue weighted by molar-refractivity contribution is 5.79. The van der Waals surface area contributed by atoms with Crippen LogP contribution in [0.3, 0.4) is 0 Å². The molecule has 0 radical (unpaired) electrons. The summed E-state index contributed by atoms with van der Waals surface area (Å²) in [6.45, 7) is 8.33. The summed E-state index contributed by atoms with van der Waals surface area (Å²) >= 11 is 0. The molecule has 0 spiro atoms. The Morgan fingerprint density at radius 2 is 1.71 bits per heavy atom. The molecule has 31 heavy (non-hydrogen) atoms. The number of carbonyl (C=O) groups excluding carboxylic acids is 1. The quantitative estimate of drug-likeness (QED) is 0.584. The van der Waals surface area contributed by atoms with E-state index in [0.29, 0.717) is 32.7 Å². The summed E-state index contributed by atoms with van der Waals surface area (Å²) < 4.78 is 7.24. The van der Waals surface area contributed by atoms with Gasteiger partial charge in [-0.3, -0.25) is 9.69 Å². The molecule has 8 nitrogen and oxygen atoms in total. The van der Waals surface area contributed by atoms with Crippen LogP contribution >= 0.6 is 0 Å². The second-order valence-corrected chi connectivity index (χ2v) is 7.75. The van der Waals surface area contributed by atoms with Crippen molar-refractivity contribution in [1.82, 2.24) is 30.0 Å².